The molecule has 1 heterocycles. The summed E-state index contributed by atoms with van der Waals surface area (Å²) in [6, 6.07) is 0.631. The van der Waals surface area contributed by atoms with Crippen molar-refractivity contribution in [2.75, 3.05) is 11.5 Å². The molecule has 0 saturated carbocycles. The standard InChI is InChI=1S/C23H16F12N4S/c1-2-9(5-11(21(27,28)29)3-4-20(24,25)26)14-16(36)17(37)15(19-18(14)38-40-39-19)10-6-12(22(30,31)32)8-13(7-10)23(33,34)35/h3,5-8H,2,4,36-37H2,1H3/b9-5+,11-3+. The first kappa shape index (κ1) is 31.0. The molecule has 1 aromatic heterocycles. The Bertz CT molecular complexity index is 1440. The molecular formula is C23H16F12N4S. The van der Waals surface area contributed by atoms with Gasteiger partial charge in [-0.2, -0.15) is 61.4 Å². The molecule has 218 valence electrons. The number of alkyl halides is 12. The van der Waals surface area contributed by atoms with Gasteiger partial charge in [0.2, 0.25) is 0 Å². The molecule has 0 fully saturated rings. The highest BCUT2D eigenvalue weighted by Crippen LogP contribution is 2.46. The molecule has 3 rings (SSSR count). The van der Waals surface area contributed by atoms with E-state index in [0.29, 0.717) is 29.9 Å². The van der Waals surface area contributed by atoms with Crippen LogP contribution in [0.4, 0.5) is 64.1 Å². The first-order valence-corrected chi connectivity index (χ1v) is 11.6. The third-order valence-electron chi connectivity index (χ3n) is 5.58. The van der Waals surface area contributed by atoms with Crippen molar-refractivity contribution in [3.8, 4) is 11.1 Å². The van der Waals surface area contributed by atoms with Crippen molar-refractivity contribution in [3.05, 3.63) is 52.6 Å². The molecule has 4 nitrogen and oxygen atoms in total. The van der Waals surface area contributed by atoms with Gasteiger partial charge in [-0.3, -0.25) is 0 Å². The maximum atomic E-state index is 13.5. The Labute approximate surface area is 221 Å². The lowest BCUT2D eigenvalue weighted by Crippen LogP contribution is -2.13. The van der Waals surface area contributed by atoms with Gasteiger partial charge in [-0.1, -0.05) is 13.0 Å². The van der Waals surface area contributed by atoms with E-state index >= 15 is 0 Å². The first-order valence-electron chi connectivity index (χ1n) is 10.8. The van der Waals surface area contributed by atoms with Crippen molar-refractivity contribution in [1.82, 2.24) is 8.75 Å². The molecule has 40 heavy (non-hydrogen) atoms. The minimum absolute atomic E-state index is 0.0820. The fourth-order valence-corrected chi connectivity index (χ4v) is 4.34. The molecule has 3 aromatic rings. The number of rotatable bonds is 5. The van der Waals surface area contributed by atoms with Crippen LogP contribution >= 0.6 is 11.7 Å². The molecule has 0 aliphatic rings. The maximum Gasteiger partial charge on any atom is 0.416 e. The van der Waals surface area contributed by atoms with Gasteiger partial charge in [0.15, 0.2) is 0 Å². The predicted octanol–water partition coefficient (Wildman–Crippen LogP) is 8.79. The van der Waals surface area contributed by atoms with Crippen molar-refractivity contribution >= 4 is 39.7 Å². The third-order valence-corrected chi connectivity index (χ3v) is 6.11. The highest BCUT2D eigenvalue weighted by molar-refractivity contribution is 7.00. The highest BCUT2D eigenvalue weighted by atomic mass is 32.1. The Balaban J connectivity index is 2.36. The molecule has 2 aromatic carbocycles. The SMILES string of the molecule is CC/C(=C\C(=C/CC(F)(F)F)C(F)(F)F)c1c(N)c(N)c(-c2cc(C(F)(F)F)cc(C(F)(F)F)c2)c2nsnc12. The van der Waals surface area contributed by atoms with Crippen LogP contribution in [0.25, 0.3) is 27.7 Å². The molecule has 0 bridgehead atoms. The molecule has 0 aliphatic heterocycles. The molecule has 0 amide bonds. The van der Waals surface area contributed by atoms with Crippen molar-refractivity contribution < 1.29 is 52.7 Å². The van der Waals surface area contributed by atoms with E-state index in [2.05, 4.69) is 8.75 Å². The van der Waals surface area contributed by atoms with E-state index in [0.717, 1.165) is 0 Å². The number of hydrogen-bond donors (Lipinski definition) is 2. The van der Waals surface area contributed by atoms with E-state index in [-0.39, 0.29) is 40.7 Å². The Hall–Kier alpha value is -3.50. The van der Waals surface area contributed by atoms with E-state index in [1.165, 1.54) is 6.92 Å². The third kappa shape index (κ3) is 6.62. The summed E-state index contributed by atoms with van der Waals surface area (Å²) in [5, 5.41) is 0. The van der Waals surface area contributed by atoms with Crippen LogP contribution in [0.15, 0.2) is 35.9 Å². The van der Waals surface area contributed by atoms with Gasteiger partial charge in [0.25, 0.3) is 0 Å². The number of hydrogen-bond acceptors (Lipinski definition) is 5. The van der Waals surface area contributed by atoms with Gasteiger partial charge in [0, 0.05) is 11.1 Å². The minimum atomic E-state index is -5.22. The summed E-state index contributed by atoms with van der Waals surface area (Å²) in [6.45, 7) is 1.33. The lowest BCUT2D eigenvalue weighted by atomic mass is 9.90. The first-order chi connectivity index (χ1) is 18.1. The highest BCUT2D eigenvalue weighted by Gasteiger charge is 2.38. The second-order valence-electron chi connectivity index (χ2n) is 8.33. The van der Waals surface area contributed by atoms with Gasteiger partial charge in [-0.25, -0.2) is 0 Å². The summed E-state index contributed by atoms with van der Waals surface area (Å²) in [4.78, 5) is 0. The second-order valence-corrected chi connectivity index (χ2v) is 8.86. The van der Waals surface area contributed by atoms with Crippen LogP contribution in [0.5, 0.6) is 0 Å². The van der Waals surface area contributed by atoms with Crippen LogP contribution < -0.4 is 11.5 Å². The lowest BCUT2D eigenvalue weighted by molar-refractivity contribution is -0.143. The smallest absolute Gasteiger partial charge is 0.396 e. The molecule has 4 N–H and O–H groups in total. The summed E-state index contributed by atoms with van der Waals surface area (Å²) in [5.74, 6) is 0. The number of nitrogen functional groups attached to an aromatic ring is 2. The van der Waals surface area contributed by atoms with Crippen LogP contribution in [0.3, 0.4) is 0 Å². The van der Waals surface area contributed by atoms with Crippen LogP contribution in [0.1, 0.15) is 36.5 Å². The molecule has 0 spiro atoms. The summed E-state index contributed by atoms with van der Waals surface area (Å²) >= 11 is 0.410. The van der Waals surface area contributed by atoms with Crippen molar-refractivity contribution in [1.29, 1.82) is 0 Å². The van der Waals surface area contributed by atoms with Crippen LogP contribution in [0, 0.1) is 0 Å². The molecule has 0 saturated heterocycles. The zero-order chi connectivity index (χ0) is 30.4. The number of allylic oxidation sites excluding steroid dienone is 4. The quantitative estimate of drug-likeness (QED) is 0.173. The van der Waals surface area contributed by atoms with Crippen molar-refractivity contribution in [2.45, 2.75) is 44.5 Å². The second kappa shape index (κ2) is 10.5. The zero-order valence-corrected chi connectivity index (χ0v) is 20.6. The van der Waals surface area contributed by atoms with Crippen molar-refractivity contribution in [3.63, 3.8) is 0 Å². The lowest BCUT2D eigenvalue weighted by Gasteiger charge is -2.19. The molecule has 0 atom stereocenters. The van der Waals surface area contributed by atoms with E-state index in [9.17, 15) is 52.7 Å². The monoisotopic (exact) mass is 608 g/mol. The number of halogens is 12. The topological polar surface area (TPSA) is 77.8 Å². The van der Waals surface area contributed by atoms with Crippen LogP contribution in [-0.4, -0.2) is 21.1 Å². The van der Waals surface area contributed by atoms with Gasteiger partial charge < -0.3 is 11.5 Å². The van der Waals surface area contributed by atoms with E-state index < -0.39 is 70.3 Å². The Kier molecular flexibility index (Phi) is 8.13. The van der Waals surface area contributed by atoms with Gasteiger partial charge >= 0.3 is 24.7 Å². The van der Waals surface area contributed by atoms with Gasteiger partial charge in [-0.15, -0.1) is 0 Å². The van der Waals surface area contributed by atoms with E-state index in [1.807, 2.05) is 0 Å². The van der Waals surface area contributed by atoms with Gasteiger partial charge in [0.1, 0.15) is 11.0 Å². The maximum absolute atomic E-state index is 13.5. The Morgan fingerprint density at radius 2 is 1.32 bits per heavy atom. The normalized spacial score (nSPS) is 14.3. The average molecular weight is 608 g/mol. The molecular weight excluding hydrogens is 592 g/mol. The molecule has 0 aliphatic carbocycles. The number of aromatic nitrogens is 2. The molecule has 0 unspecified atom stereocenters. The molecule has 17 heteroatoms. The summed E-state index contributed by atoms with van der Waals surface area (Å²) in [5.41, 5.74) is 3.39. The minimum Gasteiger partial charge on any atom is -0.396 e. The largest absolute Gasteiger partial charge is 0.416 e. The van der Waals surface area contributed by atoms with Gasteiger partial charge in [0.05, 0.1) is 46.2 Å². The number of nitrogens with zero attached hydrogens (tertiary/aromatic N) is 2. The number of nitrogens with two attached hydrogens (primary N) is 2. The van der Waals surface area contributed by atoms with Crippen molar-refractivity contribution in [2.24, 2.45) is 0 Å². The summed E-state index contributed by atoms with van der Waals surface area (Å²) in [6.07, 6.45) is -22.4. The van der Waals surface area contributed by atoms with E-state index in [1.54, 1.807) is 0 Å². The summed E-state index contributed by atoms with van der Waals surface area (Å²) < 4.78 is 167. The van der Waals surface area contributed by atoms with Crippen LogP contribution in [0.2, 0.25) is 0 Å². The Morgan fingerprint density at radius 3 is 1.77 bits per heavy atom. The van der Waals surface area contributed by atoms with E-state index in [4.69, 9.17) is 11.5 Å². The Morgan fingerprint density at radius 1 is 0.800 bits per heavy atom. The molecule has 0 radical (unpaired) electrons. The predicted molar refractivity (Wildman–Crippen MR) is 125 cm³/mol. The number of benzene rings is 2. The fourth-order valence-electron chi connectivity index (χ4n) is 3.78. The zero-order valence-electron chi connectivity index (χ0n) is 19.8. The van der Waals surface area contributed by atoms with Gasteiger partial charge in [-0.05, 0) is 41.8 Å². The number of anilines is 2. The van der Waals surface area contributed by atoms with Crippen LogP contribution in [-0.2, 0) is 12.4 Å². The number of fused-ring (bicyclic) bond motifs is 1. The average Bonchev–Trinajstić information content (AvgIpc) is 3.26. The fraction of sp³-hybridized carbons (Fsp3) is 0.304. The summed E-state index contributed by atoms with van der Waals surface area (Å²) in [7, 11) is 0.